The maximum atomic E-state index is 13.7. The van der Waals surface area contributed by atoms with Crippen LogP contribution in [-0.2, 0) is 16.1 Å². The predicted octanol–water partition coefficient (Wildman–Crippen LogP) is 4.53. The first-order valence-electron chi connectivity index (χ1n) is 13.0. The summed E-state index contributed by atoms with van der Waals surface area (Å²) >= 11 is 0. The number of rotatable bonds is 7. The fourth-order valence-corrected chi connectivity index (χ4v) is 5.65. The molecule has 186 valence electrons. The second-order valence-electron chi connectivity index (χ2n) is 10.2. The molecular weight excluding hydrogens is 442 g/mol. The lowest BCUT2D eigenvalue weighted by Crippen LogP contribution is -2.58. The van der Waals surface area contributed by atoms with E-state index in [-0.39, 0.29) is 23.6 Å². The molecule has 0 aliphatic heterocycles. The van der Waals surface area contributed by atoms with E-state index < -0.39 is 5.60 Å². The molecule has 2 heterocycles. The Labute approximate surface area is 205 Å². The van der Waals surface area contributed by atoms with Crippen LogP contribution in [0, 0.1) is 0 Å². The molecule has 2 N–H and O–H groups in total. The van der Waals surface area contributed by atoms with Gasteiger partial charge in [-0.2, -0.15) is 9.50 Å². The third kappa shape index (κ3) is 4.89. The zero-order chi connectivity index (χ0) is 24.3. The first kappa shape index (κ1) is 23.7. The molecule has 0 bridgehead atoms. The molecule has 8 heteroatoms. The number of nitrogens with one attached hydrogen (secondary N) is 2. The van der Waals surface area contributed by atoms with Crippen LogP contribution in [0.15, 0.2) is 41.2 Å². The summed E-state index contributed by atoms with van der Waals surface area (Å²) in [4.78, 5) is 35.5. The van der Waals surface area contributed by atoms with Crippen molar-refractivity contribution in [3.8, 4) is 11.4 Å². The topological polar surface area (TPSA) is 101 Å². The molecule has 35 heavy (non-hydrogen) atoms. The molecule has 0 unspecified atom stereocenters. The van der Waals surface area contributed by atoms with Gasteiger partial charge in [-0.3, -0.25) is 14.7 Å². The molecule has 2 aromatic heterocycles. The molecule has 1 amide bonds. The summed E-state index contributed by atoms with van der Waals surface area (Å²) in [5, 5.41) is 6.44. The Morgan fingerprint density at radius 2 is 1.71 bits per heavy atom. The molecule has 0 saturated heterocycles. The molecule has 0 radical (unpaired) electrons. The zero-order valence-corrected chi connectivity index (χ0v) is 20.5. The Bertz CT molecular complexity index is 1220. The van der Waals surface area contributed by atoms with Crippen molar-refractivity contribution in [1.29, 1.82) is 0 Å². The van der Waals surface area contributed by atoms with E-state index >= 15 is 0 Å². The number of H-pyrrole nitrogens is 1. The normalized spacial score (nSPS) is 19.5. The van der Waals surface area contributed by atoms with Crippen LogP contribution in [0.1, 0.15) is 83.2 Å². The van der Waals surface area contributed by atoms with Crippen molar-refractivity contribution in [3.05, 3.63) is 52.4 Å². The van der Waals surface area contributed by atoms with Crippen LogP contribution in [0.2, 0.25) is 0 Å². The van der Waals surface area contributed by atoms with Gasteiger partial charge in [-0.05, 0) is 32.1 Å². The van der Waals surface area contributed by atoms with Crippen molar-refractivity contribution in [3.63, 3.8) is 0 Å². The fraction of sp³-hybridized carbons (Fsp3) is 0.556. The number of aromatic amines is 1. The fourth-order valence-electron chi connectivity index (χ4n) is 5.65. The quantitative estimate of drug-likeness (QED) is 0.520. The number of amides is 1. The third-order valence-electron chi connectivity index (χ3n) is 7.87. The van der Waals surface area contributed by atoms with Crippen LogP contribution in [0.5, 0.6) is 0 Å². The van der Waals surface area contributed by atoms with Crippen LogP contribution in [0.25, 0.3) is 17.2 Å². The highest BCUT2D eigenvalue weighted by atomic mass is 16.5. The van der Waals surface area contributed by atoms with E-state index in [2.05, 4.69) is 27.3 Å². The van der Waals surface area contributed by atoms with Gasteiger partial charge in [-0.1, -0.05) is 75.8 Å². The number of fused-ring (bicyclic) bond motifs is 1. The minimum atomic E-state index is -0.870. The van der Waals surface area contributed by atoms with E-state index in [1.54, 1.807) is 0 Å². The minimum Gasteiger partial charge on any atom is -0.359 e. The second-order valence-corrected chi connectivity index (χ2v) is 10.2. The van der Waals surface area contributed by atoms with Gasteiger partial charge in [0.1, 0.15) is 5.60 Å². The molecule has 2 aliphatic carbocycles. The number of carbonyl (C=O) groups is 1. The number of ether oxygens (including phenoxy) is 1. The van der Waals surface area contributed by atoms with Crippen LogP contribution in [0.4, 0.5) is 0 Å². The summed E-state index contributed by atoms with van der Waals surface area (Å²) in [5.74, 6) is 0.878. The first-order chi connectivity index (χ1) is 17.0. The Morgan fingerprint density at radius 1 is 1.03 bits per heavy atom. The average molecular weight is 478 g/mol. The summed E-state index contributed by atoms with van der Waals surface area (Å²) < 4.78 is 7.72. The van der Waals surface area contributed by atoms with Gasteiger partial charge in [0.15, 0.2) is 5.82 Å². The van der Waals surface area contributed by atoms with E-state index in [4.69, 9.17) is 4.74 Å². The van der Waals surface area contributed by atoms with Crippen molar-refractivity contribution in [2.75, 3.05) is 0 Å². The van der Waals surface area contributed by atoms with Crippen molar-refractivity contribution in [2.24, 2.45) is 0 Å². The highest BCUT2D eigenvalue weighted by Crippen LogP contribution is 2.36. The lowest BCUT2D eigenvalue weighted by Gasteiger charge is -2.42. The van der Waals surface area contributed by atoms with E-state index in [0.29, 0.717) is 30.1 Å². The molecule has 2 fully saturated rings. The van der Waals surface area contributed by atoms with Gasteiger partial charge in [-0.25, -0.2) is 4.98 Å². The summed E-state index contributed by atoms with van der Waals surface area (Å²) in [6, 6.07) is 11.1. The number of hydrogen-bond donors (Lipinski definition) is 2. The number of carbonyl (C=O) groups excluding carboxylic acids is 1. The van der Waals surface area contributed by atoms with Gasteiger partial charge in [0, 0.05) is 17.2 Å². The molecule has 0 spiro atoms. The molecule has 3 aromatic rings. The standard InChI is InChI=1S/C27H35N5O3/c1-2-26(14-8-4-9-15-26)30-24(34)27(16-10-5-11-17-27)35-19-21-18-22(33)32-25(28-21)29-23(31-32)20-12-6-3-7-13-20/h3,6-7,12-13,18H,2,4-5,8-11,14-17,19H2,1H3,(H,30,34)(H,28,29,31). The smallest absolute Gasteiger partial charge is 0.274 e. The van der Waals surface area contributed by atoms with E-state index in [0.717, 1.165) is 56.9 Å². The van der Waals surface area contributed by atoms with Crippen molar-refractivity contribution >= 4 is 11.7 Å². The molecule has 1 aromatic carbocycles. The summed E-state index contributed by atoms with van der Waals surface area (Å²) in [5.41, 5.74) is 0.118. The minimum absolute atomic E-state index is 0.00452. The maximum Gasteiger partial charge on any atom is 0.274 e. The molecule has 0 atom stereocenters. The Hall–Kier alpha value is -3.00. The van der Waals surface area contributed by atoms with Crippen molar-refractivity contribution in [2.45, 2.75) is 95.3 Å². The van der Waals surface area contributed by atoms with Gasteiger partial charge < -0.3 is 10.1 Å². The van der Waals surface area contributed by atoms with Crippen LogP contribution < -0.4 is 10.9 Å². The summed E-state index contributed by atoms with van der Waals surface area (Å²) in [6.07, 6.45) is 11.0. The highest BCUT2D eigenvalue weighted by Gasteiger charge is 2.44. The van der Waals surface area contributed by atoms with E-state index in [9.17, 15) is 9.59 Å². The lowest BCUT2D eigenvalue weighted by molar-refractivity contribution is -0.157. The van der Waals surface area contributed by atoms with Gasteiger partial charge >= 0.3 is 0 Å². The van der Waals surface area contributed by atoms with E-state index in [1.807, 2.05) is 30.3 Å². The van der Waals surface area contributed by atoms with Gasteiger partial charge in [0.05, 0.1) is 12.3 Å². The SMILES string of the molecule is CCC1(NC(=O)C2(OCc3cc(=O)n4[nH]c(-c5ccccc5)nc4n3)CCCCC2)CCCCC1. The van der Waals surface area contributed by atoms with Gasteiger partial charge in [0.25, 0.3) is 17.2 Å². The molecule has 5 rings (SSSR count). The van der Waals surface area contributed by atoms with E-state index in [1.165, 1.54) is 17.0 Å². The number of benzene rings is 1. The summed E-state index contributed by atoms with van der Waals surface area (Å²) in [6.45, 7) is 2.27. The third-order valence-corrected chi connectivity index (χ3v) is 7.87. The Balaban J connectivity index is 1.36. The van der Waals surface area contributed by atoms with Crippen LogP contribution in [-0.4, -0.2) is 36.6 Å². The Kier molecular flexibility index (Phi) is 6.73. The van der Waals surface area contributed by atoms with Crippen LogP contribution >= 0.6 is 0 Å². The molecular formula is C27H35N5O3. The van der Waals surface area contributed by atoms with Crippen molar-refractivity contribution < 1.29 is 9.53 Å². The number of aromatic nitrogens is 4. The molecule has 2 aliphatic rings. The lowest BCUT2D eigenvalue weighted by atomic mass is 9.77. The van der Waals surface area contributed by atoms with Gasteiger partial charge in [0.2, 0.25) is 0 Å². The molecule has 2 saturated carbocycles. The molecule has 8 nitrogen and oxygen atoms in total. The Morgan fingerprint density at radius 3 is 2.40 bits per heavy atom. The average Bonchev–Trinajstić information content (AvgIpc) is 3.34. The van der Waals surface area contributed by atoms with Crippen molar-refractivity contribution in [1.82, 2.24) is 24.9 Å². The maximum absolute atomic E-state index is 13.7. The number of nitrogens with zero attached hydrogens (tertiary/aromatic N) is 3. The van der Waals surface area contributed by atoms with Crippen LogP contribution in [0.3, 0.4) is 0 Å². The highest BCUT2D eigenvalue weighted by molar-refractivity contribution is 5.86. The largest absolute Gasteiger partial charge is 0.359 e. The van der Waals surface area contributed by atoms with Gasteiger partial charge in [-0.15, -0.1) is 0 Å². The predicted molar refractivity (Wildman–Crippen MR) is 134 cm³/mol. The zero-order valence-electron chi connectivity index (χ0n) is 20.5. The second kappa shape index (κ2) is 9.93. The number of hydrogen-bond acceptors (Lipinski definition) is 5. The monoisotopic (exact) mass is 477 g/mol. The first-order valence-corrected chi connectivity index (χ1v) is 13.0. The summed E-state index contributed by atoms with van der Waals surface area (Å²) in [7, 11) is 0.